The molecule has 1 aromatic heterocycles. The Hall–Kier alpha value is -3.71. The largest absolute Gasteiger partial charge is 0.369 e. The molecule has 7 nitrogen and oxygen atoms in total. The summed E-state index contributed by atoms with van der Waals surface area (Å²) in [5.41, 5.74) is 8.68. The number of piperazine rings is 1. The lowest BCUT2D eigenvalue weighted by Gasteiger charge is -2.32. The third-order valence-corrected chi connectivity index (χ3v) is 6.27. The summed E-state index contributed by atoms with van der Waals surface area (Å²) < 4.78 is 0. The van der Waals surface area contributed by atoms with Gasteiger partial charge in [0.15, 0.2) is 0 Å². The maximum atomic E-state index is 12.9. The van der Waals surface area contributed by atoms with Crippen molar-refractivity contribution in [3.63, 3.8) is 0 Å². The average Bonchev–Trinajstić information content (AvgIpc) is 2.83. The lowest BCUT2D eigenvalue weighted by Crippen LogP contribution is -2.47. The zero-order chi connectivity index (χ0) is 22.8. The van der Waals surface area contributed by atoms with Crippen LogP contribution in [-0.2, 0) is 6.42 Å². The molecule has 3 aromatic carbocycles. The predicted octanol–water partition coefficient (Wildman–Crippen LogP) is 3.41. The van der Waals surface area contributed by atoms with Gasteiger partial charge in [-0.15, -0.1) is 0 Å². The van der Waals surface area contributed by atoms with Gasteiger partial charge in [0.25, 0.3) is 5.91 Å². The topological polar surface area (TPSA) is 87.4 Å². The van der Waals surface area contributed by atoms with E-state index in [1.54, 1.807) is 0 Å². The van der Waals surface area contributed by atoms with Gasteiger partial charge in [0.05, 0.1) is 5.52 Å². The molecule has 1 aliphatic rings. The zero-order valence-electron chi connectivity index (χ0n) is 18.8. The first-order chi connectivity index (χ1) is 16.1. The molecule has 0 aliphatic carbocycles. The molecule has 3 N–H and O–H groups in total. The lowest BCUT2D eigenvalue weighted by atomic mass is 10.0. The molecule has 4 aromatic rings. The van der Waals surface area contributed by atoms with Gasteiger partial charge >= 0.3 is 0 Å². The highest BCUT2D eigenvalue weighted by molar-refractivity contribution is 5.98. The van der Waals surface area contributed by atoms with Gasteiger partial charge in [0.2, 0.25) is 5.95 Å². The standard InChI is InChI=1S/C26H28N6O/c1-31-12-14-32(15-13-31)25(33)21-9-8-19-16-18(6-7-20(19)17-21)10-11-28-24-22-4-2-3-5-23(22)29-26(27)30-24/h2-9,16-17H,10-15H2,1H3,(H3,27,28,29,30). The molecule has 1 amide bonds. The van der Waals surface area contributed by atoms with E-state index in [0.29, 0.717) is 0 Å². The summed E-state index contributed by atoms with van der Waals surface area (Å²) in [5, 5.41) is 6.59. The van der Waals surface area contributed by atoms with Crippen molar-refractivity contribution in [2.45, 2.75) is 6.42 Å². The number of likely N-dealkylation sites (N-methyl/N-ethyl adjacent to an activating group) is 1. The van der Waals surface area contributed by atoms with Crippen molar-refractivity contribution in [1.82, 2.24) is 19.8 Å². The Bertz CT molecular complexity index is 1310. The van der Waals surface area contributed by atoms with Gasteiger partial charge in [-0.1, -0.05) is 36.4 Å². The molecule has 0 saturated carbocycles. The second-order valence-electron chi connectivity index (χ2n) is 8.62. The smallest absolute Gasteiger partial charge is 0.253 e. The number of para-hydroxylation sites is 1. The SMILES string of the molecule is CN1CCN(C(=O)c2ccc3cc(CCNc4nc(N)nc5ccccc45)ccc3c2)CC1. The molecule has 0 atom stereocenters. The van der Waals surface area contributed by atoms with Gasteiger partial charge in [-0.25, -0.2) is 4.98 Å². The summed E-state index contributed by atoms with van der Waals surface area (Å²) in [6.45, 7) is 4.15. The molecule has 2 heterocycles. The molecular formula is C26H28N6O. The number of carbonyl (C=O) groups is 1. The van der Waals surface area contributed by atoms with Crippen molar-refractivity contribution >= 4 is 39.3 Å². The van der Waals surface area contributed by atoms with Crippen LogP contribution < -0.4 is 11.1 Å². The fraction of sp³-hybridized carbons (Fsp3) is 0.269. The van der Waals surface area contributed by atoms with Crippen LogP contribution in [0.4, 0.5) is 11.8 Å². The number of nitrogens with two attached hydrogens (primary N) is 1. The van der Waals surface area contributed by atoms with Gasteiger partial charge in [-0.3, -0.25) is 4.79 Å². The van der Waals surface area contributed by atoms with E-state index < -0.39 is 0 Å². The zero-order valence-corrected chi connectivity index (χ0v) is 18.8. The molecule has 33 heavy (non-hydrogen) atoms. The molecule has 5 rings (SSSR count). The summed E-state index contributed by atoms with van der Waals surface area (Å²) in [4.78, 5) is 25.7. The molecule has 1 fully saturated rings. The Balaban J connectivity index is 1.27. The van der Waals surface area contributed by atoms with E-state index in [2.05, 4.69) is 45.4 Å². The highest BCUT2D eigenvalue weighted by Crippen LogP contribution is 2.22. The van der Waals surface area contributed by atoms with Crippen molar-refractivity contribution in [3.8, 4) is 0 Å². The van der Waals surface area contributed by atoms with E-state index in [1.807, 2.05) is 47.4 Å². The summed E-state index contributed by atoms with van der Waals surface area (Å²) in [7, 11) is 2.09. The summed E-state index contributed by atoms with van der Waals surface area (Å²) in [5.74, 6) is 1.14. The van der Waals surface area contributed by atoms with Crippen molar-refractivity contribution in [2.24, 2.45) is 0 Å². The number of anilines is 2. The van der Waals surface area contributed by atoms with Crippen LogP contribution in [-0.4, -0.2) is 65.4 Å². The van der Waals surface area contributed by atoms with E-state index in [1.165, 1.54) is 5.56 Å². The number of aromatic nitrogens is 2. The molecule has 0 radical (unpaired) electrons. The summed E-state index contributed by atoms with van der Waals surface area (Å²) >= 11 is 0. The van der Waals surface area contributed by atoms with Gasteiger partial charge in [0, 0.05) is 43.7 Å². The van der Waals surface area contributed by atoms with Crippen molar-refractivity contribution < 1.29 is 4.79 Å². The first kappa shape index (κ1) is 21.2. The minimum absolute atomic E-state index is 0.120. The van der Waals surface area contributed by atoms with Crippen molar-refractivity contribution in [2.75, 3.05) is 50.8 Å². The van der Waals surface area contributed by atoms with Gasteiger partial charge in [-0.2, -0.15) is 4.98 Å². The lowest BCUT2D eigenvalue weighted by molar-refractivity contribution is 0.0664. The monoisotopic (exact) mass is 440 g/mol. The predicted molar refractivity (Wildman–Crippen MR) is 133 cm³/mol. The fourth-order valence-electron chi connectivity index (χ4n) is 4.33. The summed E-state index contributed by atoms with van der Waals surface area (Å²) in [6, 6.07) is 20.3. The average molecular weight is 441 g/mol. The van der Waals surface area contributed by atoms with Crippen LogP contribution >= 0.6 is 0 Å². The normalized spacial score (nSPS) is 14.6. The number of nitrogen functional groups attached to an aromatic ring is 1. The number of hydrogen-bond acceptors (Lipinski definition) is 6. The number of carbonyl (C=O) groups excluding carboxylic acids is 1. The minimum Gasteiger partial charge on any atom is -0.369 e. The molecular weight excluding hydrogens is 412 g/mol. The second kappa shape index (κ2) is 9.03. The van der Waals surface area contributed by atoms with Gasteiger partial charge < -0.3 is 20.9 Å². The van der Waals surface area contributed by atoms with E-state index in [9.17, 15) is 4.79 Å². The highest BCUT2D eigenvalue weighted by atomic mass is 16.2. The Kier molecular flexibility index (Phi) is 5.79. The number of nitrogens with one attached hydrogen (secondary N) is 1. The Morgan fingerprint density at radius 3 is 2.58 bits per heavy atom. The van der Waals surface area contributed by atoms with Crippen molar-refractivity contribution in [3.05, 3.63) is 71.8 Å². The molecule has 1 aliphatic heterocycles. The number of hydrogen-bond donors (Lipinski definition) is 2. The highest BCUT2D eigenvalue weighted by Gasteiger charge is 2.20. The molecule has 0 unspecified atom stereocenters. The fourth-order valence-corrected chi connectivity index (χ4v) is 4.33. The van der Waals surface area contributed by atoms with Crippen LogP contribution in [0.5, 0.6) is 0 Å². The van der Waals surface area contributed by atoms with E-state index in [0.717, 1.165) is 72.2 Å². The van der Waals surface area contributed by atoms with Crippen LogP contribution in [0, 0.1) is 0 Å². The molecule has 0 bridgehead atoms. The van der Waals surface area contributed by atoms with Crippen LogP contribution in [0.15, 0.2) is 60.7 Å². The first-order valence-electron chi connectivity index (χ1n) is 11.3. The number of fused-ring (bicyclic) bond motifs is 2. The van der Waals surface area contributed by atoms with E-state index in [4.69, 9.17) is 5.73 Å². The number of rotatable bonds is 5. The molecule has 168 valence electrons. The van der Waals surface area contributed by atoms with Gasteiger partial charge in [-0.05, 0) is 54.1 Å². The van der Waals surface area contributed by atoms with Crippen LogP contribution in [0.1, 0.15) is 15.9 Å². The number of nitrogens with zero attached hydrogens (tertiary/aromatic N) is 4. The Morgan fingerprint density at radius 1 is 0.970 bits per heavy atom. The Labute approximate surface area is 193 Å². The van der Waals surface area contributed by atoms with Gasteiger partial charge in [0.1, 0.15) is 5.82 Å². The summed E-state index contributed by atoms with van der Waals surface area (Å²) in [6.07, 6.45) is 0.843. The van der Waals surface area contributed by atoms with Crippen LogP contribution in [0.25, 0.3) is 21.7 Å². The molecule has 0 spiro atoms. The first-order valence-corrected chi connectivity index (χ1v) is 11.3. The maximum absolute atomic E-state index is 12.9. The van der Waals surface area contributed by atoms with Crippen molar-refractivity contribution in [1.29, 1.82) is 0 Å². The van der Waals surface area contributed by atoms with E-state index >= 15 is 0 Å². The van der Waals surface area contributed by atoms with Crippen LogP contribution in [0.3, 0.4) is 0 Å². The third kappa shape index (κ3) is 4.59. The number of benzene rings is 3. The van der Waals surface area contributed by atoms with E-state index in [-0.39, 0.29) is 11.9 Å². The minimum atomic E-state index is 0.120. The third-order valence-electron chi connectivity index (χ3n) is 6.27. The van der Waals surface area contributed by atoms with Crippen LogP contribution in [0.2, 0.25) is 0 Å². The molecule has 1 saturated heterocycles. The Morgan fingerprint density at radius 2 is 1.73 bits per heavy atom. The second-order valence-corrected chi connectivity index (χ2v) is 8.62. The molecule has 7 heteroatoms. The maximum Gasteiger partial charge on any atom is 0.253 e. The number of amides is 1. The quantitative estimate of drug-likeness (QED) is 0.495.